The molecule has 1 aromatic rings. The van der Waals surface area contributed by atoms with E-state index in [-0.39, 0.29) is 16.3 Å². The molecule has 1 aromatic carbocycles. The number of nitrogens with zero attached hydrogens (tertiary/aromatic N) is 1. The monoisotopic (exact) mass is 286 g/mol. The number of sulfone groups is 1. The molecule has 0 unspecified atom stereocenters. The molecule has 1 saturated heterocycles. The lowest BCUT2D eigenvalue weighted by atomic mass is 10.3. The van der Waals surface area contributed by atoms with Gasteiger partial charge in [0.25, 0.3) is 0 Å². The molecule has 0 aliphatic carbocycles. The molecule has 0 spiro atoms. The van der Waals surface area contributed by atoms with Crippen LogP contribution < -0.4 is 5.73 Å². The number of nitrogen functional groups attached to an aromatic ring is 1. The zero-order valence-corrected chi connectivity index (χ0v) is 11.6. The van der Waals surface area contributed by atoms with Crippen LogP contribution in [0.15, 0.2) is 23.1 Å². The van der Waals surface area contributed by atoms with E-state index in [9.17, 15) is 12.8 Å². The molecule has 1 aliphatic rings. The van der Waals surface area contributed by atoms with Crippen molar-refractivity contribution in [1.29, 1.82) is 0 Å². The molecule has 4 nitrogen and oxygen atoms in total. The molecule has 2 N–H and O–H groups in total. The lowest BCUT2D eigenvalue weighted by Crippen LogP contribution is -2.22. The van der Waals surface area contributed by atoms with E-state index in [1.165, 1.54) is 18.9 Å². The van der Waals surface area contributed by atoms with E-state index < -0.39 is 15.7 Å². The third-order valence-corrected chi connectivity index (χ3v) is 5.12. The number of hydrogen-bond acceptors (Lipinski definition) is 4. The minimum Gasteiger partial charge on any atom is -0.399 e. The van der Waals surface area contributed by atoms with E-state index in [0.29, 0.717) is 6.42 Å². The smallest absolute Gasteiger partial charge is 0.178 e. The van der Waals surface area contributed by atoms with Crippen molar-refractivity contribution in [3.05, 3.63) is 24.0 Å². The second-order valence-corrected chi connectivity index (χ2v) is 7.05. The Labute approximate surface area is 113 Å². The fourth-order valence-corrected chi connectivity index (χ4v) is 3.72. The van der Waals surface area contributed by atoms with Crippen LogP contribution in [0.2, 0.25) is 0 Å². The Bertz CT molecular complexity index is 519. The molecule has 19 heavy (non-hydrogen) atoms. The zero-order chi connectivity index (χ0) is 13.9. The van der Waals surface area contributed by atoms with Gasteiger partial charge in [0.1, 0.15) is 5.82 Å². The maximum Gasteiger partial charge on any atom is 0.178 e. The number of halogens is 1. The molecule has 106 valence electrons. The standard InChI is InChI=1S/C13H19FN2O2S/c14-11-8-12(15)10-13(9-11)19(17,18)7-3-6-16-4-1-2-5-16/h8-10H,1-7,15H2. The van der Waals surface area contributed by atoms with Gasteiger partial charge < -0.3 is 10.6 Å². The van der Waals surface area contributed by atoms with Gasteiger partial charge in [0.2, 0.25) is 0 Å². The lowest BCUT2D eigenvalue weighted by molar-refractivity contribution is 0.340. The van der Waals surface area contributed by atoms with Gasteiger partial charge in [0.05, 0.1) is 10.6 Å². The Balaban J connectivity index is 1.97. The molecular formula is C13H19FN2O2S. The van der Waals surface area contributed by atoms with Crippen molar-refractivity contribution in [3.63, 3.8) is 0 Å². The van der Waals surface area contributed by atoms with E-state index in [0.717, 1.165) is 31.8 Å². The van der Waals surface area contributed by atoms with Crippen LogP contribution in [0.3, 0.4) is 0 Å². The van der Waals surface area contributed by atoms with Crippen molar-refractivity contribution in [1.82, 2.24) is 4.90 Å². The van der Waals surface area contributed by atoms with Gasteiger partial charge in [-0.1, -0.05) is 0 Å². The van der Waals surface area contributed by atoms with E-state index in [4.69, 9.17) is 5.73 Å². The van der Waals surface area contributed by atoms with Crippen molar-refractivity contribution in [2.24, 2.45) is 0 Å². The second-order valence-electron chi connectivity index (χ2n) is 4.94. The fraction of sp³-hybridized carbons (Fsp3) is 0.538. The zero-order valence-electron chi connectivity index (χ0n) is 10.8. The molecule has 0 amide bonds. The predicted octanol–water partition coefficient (Wildman–Crippen LogP) is 1.67. The quantitative estimate of drug-likeness (QED) is 0.836. The molecule has 1 fully saturated rings. The highest BCUT2D eigenvalue weighted by atomic mass is 32.2. The van der Waals surface area contributed by atoms with Gasteiger partial charge in [-0.3, -0.25) is 0 Å². The maximum absolute atomic E-state index is 13.2. The van der Waals surface area contributed by atoms with Crippen LogP contribution >= 0.6 is 0 Å². The SMILES string of the molecule is Nc1cc(F)cc(S(=O)(=O)CCCN2CCCC2)c1. The van der Waals surface area contributed by atoms with Crippen LogP contribution in [0.1, 0.15) is 19.3 Å². The summed E-state index contributed by atoms with van der Waals surface area (Å²) in [5, 5.41) is 0. The van der Waals surface area contributed by atoms with Crippen molar-refractivity contribution in [2.75, 3.05) is 31.1 Å². The summed E-state index contributed by atoms with van der Waals surface area (Å²) in [7, 11) is -3.44. The minimum absolute atomic E-state index is 0.0218. The normalized spacial score (nSPS) is 16.9. The molecule has 6 heteroatoms. The highest BCUT2D eigenvalue weighted by molar-refractivity contribution is 7.91. The number of nitrogens with two attached hydrogens (primary N) is 1. The summed E-state index contributed by atoms with van der Waals surface area (Å²) in [6, 6.07) is 3.46. The van der Waals surface area contributed by atoms with Crippen molar-refractivity contribution < 1.29 is 12.8 Å². The first-order chi connectivity index (χ1) is 8.97. The van der Waals surface area contributed by atoms with Crippen LogP contribution in [-0.2, 0) is 9.84 Å². The molecule has 1 heterocycles. The number of hydrogen-bond donors (Lipinski definition) is 1. The first kappa shape index (κ1) is 14.3. The van der Waals surface area contributed by atoms with Crippen LogP contribution in [0.5, 0.6) is 0 Å². The Morgan fingerprint density at radius 2 is 1.89 bits per heavy atom. The first-order valence-corrected chi connectivity index (χ1v) is 8.14. The number of likely N-dealkylation sites (tertiary alicyclic amines) is 1. The van der Waals surface area contributed by atoms with Crippen LogP contribution in [-0.4, -0.2) is 38.7 Å². The molecule has 0 saturated carbocycles. The fourth-order valence-electron chi connectivity index (χ4n) is 2.37. The van der Waals surface area contributed by atoms with Crippen LogP contribution in [0.4, 0.5) is 10.1 Å². The first-order valence-electron chi connectivity index (χ1n) is 6.48. The summed E-state index contributed by atoms with van der Waals surface area (Å²) in [6.07, 6.45) is 2.94. The van der Waals surface area contributed by atoms with Gasteiger partial charge in [0, 0.05) is 5.69 Å². The van der Waals surface area contributed by atoms with Gasteiger partial charge >= 0.3 is 0 Å². The Morgan fingerprint density at radius 3 is 2.53 bits per heavy atom. The summed E-state index contributed by atoms with van der Waals surface area (Å²) < 4.78 is 37.3. The Hall–Kier alpha value is -1.14. The molecule has 0 aromatic heterocycles. The van der Waals surface area contributed by atoms with Crippen molar-refractivity contribution in [2.45, 2.75) is 24.2 Å². The molecule has 0 atom stereocenters. The van der Waals surface area contributed by atoms with Crippen molar-refractivity contribution in [3.8, 4) is 0 Å². The van der Waals surface area contributed by atoms with Gasteiger partial charge in [-0.05, 0) is 57.1 Å². The third kappa shape index (κ3) is 3.91. The van der Waals surface area contributed by atoms with Crippen LogP contribution in [0, 0.1) is 5.82 Å². The van der Waals surface area contributed by atoms with Gasteiger partial charge in [0.15, 0.2) is 9.84 Å². The van der Waals surface area contributed by atoms with Gasteiger partial charge in [-0.25, -0.2) is 12.8 Å². The Morgan fingerprint density at radius 1 is 1.21 bits per heavy atom. The topological polar surface area (TPSA) is 63.4 Å². The summed E-state index contributed by atoms with van der Waals surface area (Å²) >= 11 is 0. The van der Waals surface area contributed by atoms with E-state index >= 15 is 0 Å². The average Bonchev–Trinajstić information content (AvgIpc) is 2.80. The molecule has 0 radical (unpaired) electrons. The summed E-state index contributed by atoms with van der Waals surface area (Å²) in [5.74, 6) is -0.579. The maximum atomic E-state index is 13.2. The van der Waals surface area contributed by atoms with Crippen molar-refractivity contribution >= 4 is 15.5 Å². The van der Waals surface area contributed by atoms with E-state index in [1.807, 2.05) is 0 Å². The second kappa shape index (κ2) is 5.88. The highest BCUT2D eigenvalue weighted by Gasteiger charge is 2.17. The van der Waals surface area contributed by atoms with Gasteiger partial charge in [-0.2, -0.15) is 0 Å². The third-order valence-electron chi connectivity index (χ3n) is 3.34. The number of benzene rings is 1. The number of rotatable bonds is 5. The number of anilines is 1. The lowest BCUT2D eigenvalue weighted by Gasteiger charge is -2.14. The van der Waals surface area contributed by atoms with E-state index in [1.54, 1.807) is 0 Å². The molecule has 0 bridgehead atoms. The molecular weight excluding hydrogens is 267 g/mol. The largest absolute Gasteiger partial charge is 0.399 e. The van der Waals surface area contributed by atoms with E-state index in [2.05, 4.69) is 4.90 Å². The predicted molar refractivity (Wildman–Crippen MR) is 73.2 cm³/mol. The average molecular weight is 286 g/mol. The molecule has 1 aliphatic heterocycles. The highest BCUT2D eigenvalue weighted by Crippen LogP contribution is 2.18. The summed E-state index contributed by atoms with van der Waals surface area (Å²) in [6.45, 7) is 2.88. The Kier molecular flexibility index (Phi) is 4.42. The van der Waals surface area contributed by atoms with Gasteiger partial charge in [-0.15, -0.1) is 0 Å². The van der Waals surface area contributed by atoms with Crippen LogP contribution in [0.25, 0.3) is 0 Å². The molecule has 2 rings (SSSR count). The minimum atomic E-state index is -3.44. The summed E-state index contributed by atoms with van der Waals surface area (Å²) in [5.41, 5.74) is 5.61. The summed E-state index contributed by atoms with van der Waals surface area (Å²) in [4.78, 5) is 2.24.